The van der Waals surface area contributed by atoms with Gasteiger partial charge in [-0.1, -0.05) is 28.1 Å². The lowest BCUT2D eigenvalue weighted by molar-refractivity contribution is 1.29. The molecule has 2 aromatic heterocycles. The third kappa shape index (κ3) is 2.54. The van der Waals surface area contributed by atoms with Gasteiger partial charge in [0.25, 0.3) is 0 Å². The van der Waals surface area contributed by atoms with Crippen molar-refractivity contribution in [2.45, 2.75) is 0 Å². The Morgan fingerprint density at radius 2 is 2.05 bits per heavy atom. The average Bonchev–Trinajstić information content (AvgIpc) is 3.00. The van der Waals surface area contributed by atoms with E-state index >= 15 is 0 Å². The lowest BCUT2D eigenvalue weighted by Gasteiger charge is -2.09. The van der Waals surface area contributed by atoms with E-state index < -0.39 is 0 Å². The fourth-order valence-corrected chi connectivity index (χ4v) is 2.59. The first kappa shape index (κ1) is 13.4. The molecule has 0 aliphatic heterocycles. The van der Waals surface area contributed by atoms with Crippen LogP contribution >= 0.6 is 15.9 Å². The minimum atomic E-state index is 0.236. The molecule has 3 rings (SSSR count). The van der Waals surface area contributed by atoms with Crippen LogP contribution in [0.4, 0.5) is 5.82 Å². The molecule has 0 amide bonds. The predicted octanol–water partition coefficient (Wildman–Crippen LogP) is 3.96. The van der Waals surface area contributed by atoms with E-state index in [9.17, 15) is 5.26 Å². The molecule has 0 aliphatic rings. The fourth-order valence-electron chi connectivity index (χ4n) is 2.19. The lowest BCUT2D eigenvalue weighted by Crippen LogP contribution is -1.99. The van der Waals surface area contributed by atoms with E-state index in [0.29, 0.717) is 5.56 Å². The van der Waals surface area contributed by atoms with Gasteiger partial charge in [-0.2, -0.15) is 5.26 Å². The summed E-state index contributed by atoms with van der Waals surface area (Å²) in [6.45, 7) is 0. The first-order valence-electron chi connectivity index (χ1n) is 6.29. The zero-order valence-electron chi connectivity index (χ0n) is 11.0. The molecule has 0 spiro atoms. The van der Waals surface area contributed by atoms with Gasteiger partial charge >= 0.3 is 0 Å². The summed E-state index contributed by atoms with van der Waals surface area (Å²) in [4.78, 5) is 7.45. The van der Waals surface area contributed by atoms with E-state index in [0.717, 1.165) is 27.0 Å². The van der Waals surface area contributed by atoms with Crippen LogP contribution in [0.1, 0.15) is 5.56 Å². The van der Waals surface area contributed by atoms with E-state index in [4.69, 9.17) is 5.73 Å². The SMILES string of the molecule is N#Cc1c(-c2ccc[nH]2)cc(-c2cccc(Br)c2)nc1N. The van der Waals surface area contributed by atoms with Crippen LogP contribution in [-0.4, -0.2) is 9.97 Å². The molecule has 0 unspecified atom stereocenters. The summed E-state index contributed by atoms with van der Waals surface area (Å²) in [5, 5.41) is 9.31. The van der Waals surface area contributed by atoms with Gasteiger partial charge in [0.15, 0.2) is 0 Å². The third-order valence-corrected chi connectivity index (χ3v) is 3.66. The number of hydrogen-bond donors (Lipinski definition) is 2. The van der Waals surface area contributed by atoms with Gasteiger partial charge < -0.3 is 10.7 Å². The van der Waals surface area contributed by atoms with Crippen LogP contribution in [0.2, 0.25) is 0 Å². The first-order chi connectivity index (χ1) is 10.2. The second-order valence-electron chi connectivity index (χ2n) is 4.52. The highest BCUT2D eigenvalue weighted by Gasteiger charge is 2.13. The maximum absolute atomic E-state index is 9.31. The number of nitrogens with zero attached hydrogens (tertiary/aromatic N) is 2. The zero-order valence-corrected chi connectivity index (χ0v) is 12.6. The molecular weight excluding hydrogens is 328 g/mol. The van der Waals surface area contributed by atoms with Crippen LogP contribution in [0.5, 0.6) is 0 Å². The van der Waals surface area contributed by atoms with Crippen molar-refractivity contribution in [2.75, 3.05) is 5.73 Å². The Hall–Kier alpha value is -2.58. The summed E-state index contributed by atoms with van der Waals surface area (Å²) in [5.41, 5.74) is 9.61. The highest BCUT2D eigenvalue weighted by Crippen LogP contribution is 2.31. The highest BCUT2D eigenvalue weighted by molar-refractivity contribution is 9.10. The summed E-state index contributed by atoms with van der Waals surface area (Å²) in [7, 11) is 0. The van der Waals surface area contributed by atoms with E-state index in [1.807, 2.05) is 48.7 Å². The number of halogens is 1. The standard InChI is InChI=1S/C16H11BrN4/c17-11-4-1-3-10(7-11)15-8-12(14-5-2-6-20-14)13(9-18)16(19)21-15/h1-8,20H,(H2,19,21). The van der Waals surface area contributed by atoms with Crippen LogP contribution in [0.3, 0.4) is 0 Å². The predicted molar refractivity (Wildman–Crippen MR) is 86.3 cm³/mol. The van der Waals surface area contributed by atoms with Crippen molar-refractivity contribution in [3.63, 3.8) is 0 Å². The van der Waals surface area contributed by atoms with E-state index in [2.05, 4.69) is 32.0 Å². The monoisotopic (exact) mass is 338 g/mol. The van der Waals surface area contributed by atoms with Gasteiger partial charge in [0.2, 0.25) is 0 Å². The van der Waals surface area contributed by atoms with Crippen LogP contribution in [0, 0.1) is 11.3 Å². The number of anilines is 1. The summed E-state index contributed by atoms with van der Waals surface area (Å²) < 4.78 is 0.964. The zero-order chi connectivity index (χ0) is 14.8. The summed E-state index contributed by atoms with van der Waals surface area (Å²) in [6.07, 6.45) is 1.81. The molecule has 0 radical (unpaired) electrons. The molecule has 2 heterocycles. The van der Waals surface area contributed by atoms with Crippen molar-refractivity contribution in [2.24, 2.45) is 0 Å². The Kier molecular flexibility index (Phi) is 3.46. The highest BCUT2D eigenvalue weighted by atomic mass is 79.9. The molecular formula is C16H11BrN4. The minimum absolute atomic E-state index is 0.236. The molecule has 0 atom stereocenters. The molecule has 5 heteroatoms. The summed E-state index contributed by atoms with van der Waals surface area (Å²) in [6, 6.07) is 15.6. The lowest BCUT2D eigenvalue weighted by atomic mass is 10.0. The molecule has 0 fully saturated rings. The average molecular weight is 339 g/mol. The normalized spacial score (nSPS) is 10.3. The molecule has 0 aliphatic carbocycles. The Morgan fingerprint density at radius 1 is 1.19 bits per heavy atom. The fraction of sp³-hybridized carbons (Fsp3) is 0. The maximum atomic E-state index is 9.31. The second kappa shape index (κ2) is 5.43. The minimum Gasteiger partial charge on any atom is -0.383 e. The molecule has 21 heavy (non-hydrogen) atoms. The number of nitrogens with one attached hydrogen (secondary N) is 1. The van der Waals surface area contributed by atoms with Crippen LogP contribution < -0.4 is 5.73 Å². The first-order valence-corrected chi connectivity index (χ1v) is 7.08. The molecule has 102 valence electrons. The molecule has 0 saturated carbocycles. The van der Waals surface area contributed by atoms with Gasteiger partial charge in [0.05, 0.1) is 5.69 Å². The molecule has 4 nitrogen and oxygen atoms in total. The van der Waals surface area contributed by atoms with Crippen molar-refractivity contribution >= 4 is 21.7 Å². The molecule has 0 bridgehead atoms. The van der Waals surface area contributed by atoms with Gasteiger partial charge in [-0.15, -0.1) is 0 Å². The van der Waals surface area contributed by atoms with Crippen LogP contribution in [0.15, 0.2) is 53.1 Å². The topological polar surface area (TPSA) is 78.5 Å². The van der Waals surface area contributed by atoms with Crippen LogP contribution in [0.25, 0.3) is 22.5 Å². The van der Waals surface area contributed by atoms with Crippen molar-refractivity contribution in [1.82, 2.24) is 9.97 Å². The summed E-state index contributed by atoms with van der Waals surface area (Å²) >= 11 is 3.45. The van der Waals surface area contributed by atoms with E-state index in [1.54, 1.807) is 0 Å². The van der Waals surface area contributed by atoms with E-state index in [-0.39, 0.29) is 5.82 Å². The number of aromatic amines is 1. The van der Waals surface area contributed by atoms with E-state index in [1.165, 1.54) is 0 Å². The largest absolute Gasteiger partial charge is 0.383 e. The Balaban J connectivity index is 2.23. The summed E-state index contributed by atoms with van der Waals surface area (Å²) in [5.74, 6) is 0.236. The van der Waals surface area contributed by atoms with Gasteiger partial charge in [-0.05, 0) is 30.3 Å². The quantitative estimate of drug-likeness (QED) is 0.742. The Labute approximate surface area is 130 Å². The van der Waals surface area contributed by atoms with Gasteiger partial charge in [0, 0.05) is 27.5 Å². The Bertz CT molecular complexity index is 832. The number of pyridine rings is 1. The van der Waals surface area contributed by atoms with Crippen molar-refractivity contribution in [3.8, 4) is 28.6 Å². The molecule has 0 saturated heterocycles. The smallest absolute Gasteiger partial charge is 0.142 e. The number of benzene rings is 1. The van der Waals surface area contributed by atoms with Crippen molar-refractivity contribution < 1.29 is 0 Å². The number of nitrogen functional groups attached to an aromatic ring is 1. The van der Waals surface area contributed by atoms with Crippen LogP contribution in [-0.2, 0) is 0 Å². The molecule has 3 aromatic rings. The number of nitrogens with two attached hydrogens (primary N) is 1. The maximum Gasteiger partial charge on any atom is 0.142 e. The van der Waals surface area contributed by atoms with Crippen molar-refractivity contribution in [3.05, 3.63) is 58.7 Å². The number of nitriles is 1. The number of H-pyrrole nitrogens is 1. The molecule has 3 N–H and O–H groups in total. The second-order valence-corrected chi connectivity index (χ2v) is 5.44. The van der Waals surface area contributed by atoms with Gasteiger partial charge in [-0.25, -0.2) is 4.98 Å². The molecule has 1 aromatic carbocycles. The number of rotatable bonds is 2. The third-order valence-electron chi connectivity index (χ3n) is 3.17. The Morgan fingerprint density at radius 3 is 2.71 bits per heavy atom. The van der Waals surface area contributed by atoms with Gasteiger partial charge in [-0.3, -0.25) is 0 Å². The van der Waals surface area contributed by atoms with Gasteiger partial charge in [0.1, 0.15) is 17.5 Å². The number of hydrogen-bond acceptors (Lipinski definition) is 3. The number of aromatic nitrogens is 2. The van der Waals surface area contributed by atoms with Crippen molar-refractivity contribution in [1.29, 1.82) is 5.26 Å².